The number of rotatable bonds is 8. The topological polar surface area (TPSA) is 87.7 Å². The zero-order valence-corrected chi connectivity index (χ0v) is 15.8. The third-order valence-corrected chi connectivity index (χ3v) is 5.22. The van der Waals surface area contributed by atoms with Gasteiger partial charge in [-0.1, -0.05) is 18.2 Å². The number of hydrazine groups is 1. The summed E-state index contributed by atoms with van der Waals surface area (Å²) in [6, 6.07) is 14.8. The molecule has 2 aromatic rings. The fraction of sp³-hybridized carbons (Fsp3) is 0.278. The Kier molecular flexibility index (Phi) is 6.73. The van der Waals surface area contributed by atoms with E-state index in [-0.39, 0.29) is 23.5 Å². The molecule has 0 aromatic heterocycles. The molecule has 140 valence electrons. The average molecular weight is 377 g/mol. The van der Waals surface area contributed by atoms with Gasteiger partial charge in [0.05, 0.1) is 17.2 Å². The molecule has 7 nitrogen and oxygen atoms in total. The maximum absolute atomic E-state index is 12.3. The molecule has 0 radical (unpaired) electrons. The van der Waals surface area contributed by atoms with E-state index in [1.807, 2.05) is 30.3 Å². The van der Waals surface area contributed by atoms with Gasteiger partial charge in [0, 0.05) is 25.8 Å². The number of carbonyl (C=O) groups is 1. The fourth-order valence-corrected chi connectivity index (χ4v) is 3.56. The monoisotopic (exact) mass is 377 g/mol. The molecule has 0 unspecified atom stereocenters. The number of hydrogen-bond donors (Lipinski definition) is 2. The van der Waals surface area contributed by atoms with Gasteiger partial charge in [0.2, 0.25) is 10.0 Å². The second kappa shape index (κ2) is 8.79. The largest absolute Gasteiger partial charge is 0.383 e. The van der Waals surface area contributed by atoms with E-state index in [1.165, 1.54) is 31.4 Å². The van der Waals surface area contributed by atoms with E-state index in [0.29, 0.717) is 5.56 Å². The summed E-state index contributed by atoms with van der Waals surface area (Å²) in [5, 5.41) is 1.60. The molecule has 0 saturated carbocycles. The van der Waals surface area contributed by atoms with E-state index in [4.69, 9.17) is 4.74 Å². The molecule has 0 aliphatic rings. The Morgan fingerprint density at radius 1 is 1.12 bits per heavy atom. The summed E-state index contributed by atoms with van der Waals surface area (Å²) in [7, 11) is -0.428. The van der Waals surface area contributed by atoms with Gasteiger partial charge in [-0.15, -0.1) is 0 Å². The molecule has 1 amide bonds. The van der Waals surface area contributed by atoms with Crippen molar-refractivity contribution in [1.29, 1.82) is 0 Å². The molecular weight excluding hydrogens is 354 g/mol. The van der Waals surface area contributed by atoms with Crippen LogP contribution in [-0.2, 0) is 14.8 Å². The van der Waals surface area contributed by atoms with E-state index in [2.05, 4.69) is 10.1 Å². The predicted octanol–water partition coefficient (Wildman–Crippen LogP) is 1.78. The number of nitrogens with zero attached hydrogens (tertiary/aromatic N) is 1. The molecule has 2 rings (SSSR count). The normalized spacial score (nSPS) is 12.4. The average Bonchev–Trinajstić information content (AvgIpc) is 2.62. The predicted molar refractivity (Wildman–Crippen MR) is 100 cm³/mol. The summed E-state index contributed by atoms with van der Waals surface area (Å²) in [5.41, 5.74) is 3.92. The second-order valence-corrected chi connectivity index (χ2v) is 7.55. The zero-order chi connectivity index (χ0) is 19.2. The van der Waals surface area contributed by atoms with Gasteiger partial charge in [-0.25, -0.2) is 13.1 Å². The van der Waals surface area contributed by atoms with Crippen molar-refractivity contribution in [2.45, 2.75) is 17.9 Å². The van der Waals surface area contributed by atoms with Crippen LogP contribution in [0.25, 0.3) is 0 Å². The summed E-state index contributed by atoms with van der Waals surface area (Å²) < 4.78 is 32.0. The maximum Gasteiger partial charge on any atom is 0.269 e. The van der Waals surface area contributed by atoms with Crippen LogP contribution < -0.4 is 15.2 Å². The summed E-state index contributed by atoms with van der Waals surface area (Å²) in [6.45, 7) is 1.98. The van der Waals surface area contributed by atoms with Crippen LogP contribution in [0.1, 0.15) is 17.3 Å². The third kappa shape index (κ3) is 5.29. The van der Waals surface area contributed by atoms with Crippen LogP contribution in [0.2, 0.25) is 0 Å². The molecule has 8 heteroatoms. The minimum Gasteiger partial charge on any atom is -0.383 e. The quantitative estimate of drug-likeness (QED) is 0.685. The first-order valence-corrected chi connectivity index (χ1v) is 9.53. The second-order valence-electron chi connectivity index (χ2n) is 5.84. The Morgan fingerprint density at radius 3 is 2.31 bits per heavy atom. The number of sulfonamides is 1. The lowest BCUT2D eigenvalue weighted by atomic mass is 10.2. The van der Waals surface area contributed by atoms with Crippen molar-refractivity contribution >= 4 is 21.6 Å². The lowest BCUT2D eigenvalue weighted by Crippen LogP contribution is -2.39. The third-order valence-electron chi connectivity index (χ3n) is 3.61. The highest BCUT2D eigenvalue weighted by Gasteiger charge is 2.18. The smallest absolute Gasteiger partial charge is 0.269 e. The van der Waals surface area contributed by atoms with Crippen LogP contribution in [0.15, 0.2) is 59.5 Å². The molecule has 0 aliphatic heterocycles. The molecule has 26 heavy (non-hydrogen) atoms. The van der Waals surface area contributed by atoms with Crippen molar-refractivity contribution in [2.75, 3.05) is 25.8 Å². The van der Waals surface area contributed by atoms with Crippen LogP contribution in [0, 0.1) is 0 Å². The highest BCUT2D eigenvalue weighted by Crippen LogP contribution is 2.13. The fourth-order valence-electron chi connectivity index (χ4n) is 2.34. The number of nitrogens with one attached hydrogen (secondary N) is 2. The minimum absolute atomic E-state index is 0.0911. The first-order chi connectivity index (χ1) is 12.3. The van der Waals surface area contributed by atoms with Crippen molar-refractivity contribution < 1.29 is 17.9 Å². The van der Waals surface area contributed by atoms with Gasteiger partial charge in [0.15, 0.2) is 0 Å². The first kappa shape index (κ1) is 19.9. The number of carbonyl (C=O) groups excluding carboxylic acids is 1. The van der Waals surface area contributed by atoms with Crippen molar-refractivity contribution in [2.24, 2.45) is 0 Å². The minimum atomic E-state index is -3.66. The van der Waals surface area contributed by atoms with Crippen LogP contribution in [0.4, 0.5) is 5.69 Å². The Hall–Kier alpha value is -2.42. The van der Waals surface area contributed by atoms with Gasteiger partial charge in [0.25, 0.3) is 5.91 Å². The van der Waals surface area contributed by atoms with Gasteiger partial charge >= 0.3 is 0 Å². The Balaban J connectivity index is 2.05. The molecule has 0 heterocycles. The van der Waals surface area contributed by atoms with Crippen LogP contribution in [-0.4, -0.2) is 41.1 Å². The molecule has 0 fully saturated rings. The molecule has 0 aliphatic carbocycles. The van der Waals surface area contributed by atoms with E-state index in [9.17, 15) is 13.2 Å². The van der Waals surface area contributed by atoms with Gasteiger partial charge in [-0.2, -0.15) is 0 Å². The highest BCUT2D eigenvalue weighted by atomic mass is 32.2. The molecule has 2 aromatic carbocycles. The number of methoxy groups -OCH3 is 1. The molecule has 2 N–H and O–H groups in total. The number of amides is 1. The highest BCUT2D eigenvalue weighted by molar-refractivity contribution is 7.89. The zero-order valence-electron chi connectivity index (χ0n) is 15.0. The number of anilines is 1. The van der Waals surface area contributed by atoms with Crippen LogP contribution >= 0.6 is 0 Å². The maximum atomic E-state index is 12.3. The van der Waals surface area contributed by atoms with E-state index in [1.54, 1.807) is 19.0 Å². The van der Waals surface area contributed by atoms with E-state index in [0.717, 1.165) is 5.69 Å². The lowest BCUT2D eigenvalue weighted by molar-refractivity contribution is 0.0951. The summed E-state index contributed by atoms with van der Waals surface area (Å²) in [6.07, 6.45) is 0. The van der Waals surface area contributed by atoms with Crippen molar-refractivity contribution in [3.05, 3.63) is 60.2 Å². The van der Waals surface area contributed by atoms with Crippen molar-refractivity contribution in [3.63, 3.8) is 0 Å². The van der Waals surface area contributed by atoms with Crippen LogP contribution in [0.3, 0.4) is 0 Å². The van der Waals surface area contributed by atoms with E-state index < -0.39 is 10.0 Å². The van der Waals surface area contributed by atoms with Crippen LogP contribution in [0.5, 0.6) is 0 Å². The Labute approximate surface area is 154 Å². The summed E-state index contributed by atoms with van der Waals surface area (Å²) >= 11 is 0. The van der Waals surface area contributed by atoms with Crippen molar-refractivity contribution in [1.82, 2.24) is 10.1 Å². The molecular formula is C18H23N3O4S. The molecule has 1 atom stereocenters. The van der Waals surface area contributed by atoms with Crippen molar-refractivity contribution in [3.8, 4) is 0 Å². The SMILES string of the molecule is COC[C@H](C)NS(=O)(=O)c1ccc(C(=O)NN(C)c2ccccc2)cc1. The molecule has 0 spiro atoms. The van der Waals surface area contributed by atoms with Gasteiger partial charge in [-0.05, 0) is 43.3 Å². The summed E-state index contributed by atoms with van der Waals surface area (Å²) in [5.74, 6) is -0.332. The van der Waals surface area contributed by atoms with Gasteiger partial charge in [-0.3, -0.25) is 15.2 Å². The van der Waals surface area contributed by atoms with Gasteiger partial charge in [0.1, 0.15) is 0 Å². The van der Waals surface area contributed by atoms with E-state index >= 15 is 0 Å². The molecule has 0 saturated heterocycles. The van der Waals surface area contributed by atoms with Gasteiger partial charge < -0.3 is 4.74 Å². The molecule has 0 bridgehead atoms. The number of benzene rings is 2. The Bertz CT molecular complexity index is 823. The first-order valence-electron chi connectivity index (χ1n) is 8.04. The number of para-hydroxylation sites is 1. The number of ether oxygens (including phenoxy) is 1. The Morgan fingerprint density at radius 2 is 1.73 bits per heavy atom. The lowest BCUT2D eigenvalue weighted by Gasteiger charge is -2.20. The standard InChI is InChI=1S/C18H23N3O4S/c1-14(13-25-3)20-26(23,24)17-11-9-15(10-12-17)18(22)19-21(2)16-7-5-4-6-8-16/h4-12,14,20H,13H2,1-3H3,(H,19,22)/t14-/m0/s1. The summed E-state index contributed by atoms with van der Waals surface area (Å²) in [4.78, 5) is 12.4. The number of hydrogen-bond acceptors (Lipinski definition) is 5.